The lowest BCUT2D eigenvalue weighted by Crippen LogP contribution is -2.29. The minimum Gasteiger partial charge on any atom is -0.428 e. The third-order valence-corrected chi connectivity index (χ3v) is 5.19. The lowest BCUT2D eigenvalue weighted by molar-refractivity contribution is 0.117. The maximum Gasteiger partial charge on any atom is 0.411 e. The highest BCUT2D eigenvalue weighted by atomic mass is 19.1. The first-order valence-corrected chi connectivity index (χ1v) is 9.63. The predicted octanol–water partition coefficient (Wildman–Crippen LogP) is 4.53. The third kappa shape index (κ3) is 3.94. The zero-order valence-corrected chi connectivity index (χ0v) is 16.2. The number of aryl methyl sites for hydroxylation is 1. The molecule has 1 saturated heterocycles. The molecule has 2 aromatic carbocycles. The van der Waals surface area contributed by atoms with Gasteiger partial charge in [-0.3, -0.25) is 0 Å². The molecule has 150 valence electrons. The molecule has 0 atom stereocenters. The van der Waals surface area contributed by atoms with Crippen molar-refractivity contribution in [3.8, 4) is 11.1 Å². The van der Waals surface area contributed by atoms with Crippen LogP contribution in [0.25, 0.3) is 21.9 Å². The average Bonchev–Trinajstić information content (AvgIpc) is 3.23. The molecule has 6 nitrogen and oxygen atoms in total. The largest absolute Gasteiger partial charge is 0.428 e. The van der Waals surface area contributed by atoms with E-state index in [1.54, 1.807) is 23.2 Å². The van der Waals surface area contributed by atoms with Gasteiger partial charge in [-0.1, -0.05) is 12.1 Å². The SMILES string of the molecule is Cc1cccc(F)c1-c1cc(NCOC(=O)N2CCCC2)c2cc(N)ncc2c1. The Balaban J connectivity index is 1.66. The first-order valence-electron chi connectivity index (χ1n) is 9.63. The number of benzene rings is 2. The van der Waals surface area contributed by atoms with Crippen LogP contribution in [-0.2, 0) is 4.74 Å². The third-order valence-electron chi connectivity index (χ3n) is 5.19. The van der Waals surface area contributed by atoms with Gasteiger partial charge in [-0.25, -0.2) is 14.2 Å². The summed E-state index contributed by atoms with van der Waals surface area (Å²) >= 11 is 0. The fourth-order valence-corrected chi connectivity index (χ4v) is 3.73. The van der Waals surface area contributed by atoms with Gasteiger partial charge in [0.25, 0.3) is 0 Å². The summed E-state index contributed by atoms with van der Waals surface area (Å²) in [6.45, 7) is 3.33. The van der Waals surface area contributed by atoms with E-state index in [9.17, 15) is 9.18 Å². The van der Waals surface area contributed by atoms with Crippen LogP contribution in [0, 0.1) is 12.7 Å². The van der Waals surface area contributed by atoms with Crippen molar-refractivity contribution in [3.63, 3.8) is 0 Å². The molecule has 7 heteroatoms. The Hall–Kier alpha value is -3.35. The van der Waals surface area contributed by atoms with Gasteiger partial charge in [0.2, 0.25) is 0 Å². The van der Waals surface area contributed by atoms with Crippen molar-refractivity contribution < 1.29 is 13.9 Å². The topological polar surface area (TPSA) is 80.5 Å². The van der Waals surface area contributed by atoms with Crippen LogP contribution in [0.4, 0.5) is 20.7 Å². The first-order chi connectivity index (χ1) is 14.0. The highest BCUT2D eigenvalue weighted by Gasteiger charge is 2.19. The summed E-state index contributed by atoms with van der Waals surface area (Å²) in [5.74, 6) is 0.0867. The molecule has 0 radical (unpaired) electrons. The number of aromatic nitrogens is 1. The van der Waals surface area contributed by atoms with Gasteiger partial charge < -0.3 is 20.7 Å². The van der Waals surface area contributed by atoms with Crippen molar-refractivity contribution in [2.75, 3.05) is 30.9 Å². The smallest absolute Gasteiger partial charge is 0.411 e. The Morgan fingerprint density at radius 1 is 1.28 bits per heavy atom. The van der Waals surface area contributed by atoms with E-state index in [1.165, 1.54) is 6.07 Å². The number of nitrogens with one attached hydrogen (secondary N) is 1. The van der Waals surface area contributed by atoms with E-state index >= 15 is 0 Å². The van der Waals surface area contributed by atoms with E-state index in [0.717, 1.165) is 42.3 Å². The summed E-state index contributed by atoms with van der Waals surface area (Å²) in [6.07, 6.45) is 3.33. The number of amides is 1. The van der Waals surface area contributed by atoms with E-state index in [2.05, 4.69) is 10.3 Å². The molecule has 29 heavy (non-hydrogen) atoms. The van der Waals surface area contributed by atoms with Crippen molar-refractivity contribution in [3.05, 3.63) is 54.0 Å². The molecule has 1 aromatic heterocycles. The fraction of sp³-hybridized carbons (Fsp3) is 0.273. The van der Waals surface area contributed by atoms with E-state index in [-0.39, 0.29) is 18.6 Å². The molecular weight excluding hydrogens is 371 g/mol. The van der Waals surface area contributed by atoms with Crippen molar-refractivity contribution in [2.24, 2.45) is 0 Å². The number of hydrogen-bond donors (Lipinski definition) is 2. The maximum atomic E-state index is 14.5. The number of nitrogens with zero attached hydrogens (tertiary/aromatic N) is 2. The number of halogens is 1. The number of pyridine rings is 1. The summed E-state index contributed by atoms with van der Waals surface area (Å²) < 4.78 is 19.9. The second-order valence-corrected chi connectivity index (χ2v) is 7.21. The van der Waals surface area contributed by atoms with Gasteiger partial charge in [0, 0.05) is 41.3 Å². The number of likely N-dealkylation sites (tertiary alicyclic amines) is 1. The normalized spacial score (nSPS) is 13.7. The molecule has 1 aliphatic heterocycles. The van der Waals surface area contributed by atoms with Crippen LogP contribution in [0.2, 0.25) is 0 Å². The minimum atomic E-state index is -0.332. The van der Waals surface area contributed by atoms with Crippen LogP contribution in [0.1, 0.15) is 18.4 Å². The van der Waals surface area contributed by atoms with Crippen molar-refractivity contribution in [2.45, 2.75) is 19.8 Å². The van der Waals surface area contributed by atoms with Crippen LogP contribution in [-0.4, -0.2) is 35.8 Å². The van der Waals surface area contributed by atoms with Gasteiger partial charge in [-0.15, -0.1) is 0 Å². The van der Waals surface area contributed by atoms with Gasteiger partial charge >= 0.3 is 6.09 Å². The van der Waals surface area contributed by atoms with E-state index < -0.39 is 0 Å². The number of anilines is 2. The Morgan fingerprint density at radius 3 is 2.83 bits per heavy atom. The molecule has 1 aliphatic rings. The van der Waals surface area contributed by atoms with Crippen molar-refractivity contribution >= 4 is 28.4 Å². The lowest BCUT2D eigenvalue weighted by atomic mass is 9.96. The van der Waals surface area contributed by atoms with Crippen LogP contribution >= 0.6 is 0 Å². The molecular formula is C22H23FN4O2. The standard InChI is InChI=1S/C22H23FN4O2/c1-14-5-4-6-18(23)21(14)15-9-16-12-25-20(24)11-17(16)19(10-15)26-13-29-22(28)27-7-2-3-8-27/h4-6,9-12,26H,2-3,7-8,13H2,1H3,(H2,24,25). The molecule has 2 heterocycles. The number of ether oxygens (including phenoxy) is 1. The number of fused-ring (bicyclic) bond motifs is 1. The van der Waals surface area contributed by atoms with Crippen molar-refractivity contribution in [1.29, 1.82) is 0 Å². The Kier molecular flexibility index (Phi) is 5.20. The van der Waals surface area contributed by atoms with Crippen LogP contribution in [0.3, 0.4) is 0 Å². The van der Waals surface area contributed by atoms with Crippen LogP contribution in [0.15, 0.2) is 42.6 Å². The van der Waals surface area contributed by atoms with Crippen molar-refractivity contribution in [1.82, 2.24) is 9.88 Å². The predicted molar refractivity (Wildman–Crippen MR) is 112 cm³/mol. The molecule has 4 rings (SSSR count). The number of rotatable bonds is 4. The molecule has 1 amide bonds. The number of nitrogen functional groups attached to an aromatic ring is 1. The molecule has 1 fully saturated rings. The molecule has 0 spiro atoms. The number of carbonyl (C=O) groups is 1. The second kappa shape index (κ2) is 7.95. The summed E-state index contributed by atoms with van der Waals surface area (Å²) in [4.78, 5) is 18.0. The zero-order valence-electron chi connectivity index (χ0n) is 16.2. The summed E-state index contributed by atoms with van der Waals surface area (Å²) in [5, 5.41) is 4.78. The fourth-order valence-electron chi connectivity index (χ4n) is 3.73. The zero-order chi connectivity index (χ0) is 20.4. The summed E-state index contributed by atoms with van der Waals surface area (Å²) in [5.41, 5.74) is 8.64. The molecule has 3 N–H and O–H groups in total. The summed E-state index contributed by atoms with van der Waals surface area (Å²) in [6, 6.07) is 10.5. The van der Waals surface area contributed by atoms with Gasteiger partial charge in [0.15, 0.2) is 6.73 Å². The van der Waals surface area contributed by atoms with E-state index in [1.807, 2.05) is 25.1 Å². The lowest BCUT2D eigenvalue weighted by Gasteiger charge is -2.17. The molecule has 0 bridgehead atoms. The monoisotopic (exact) mass is 394 g/mol. The average molecular weight is 394 g/mol. The number of carbonyl (C=O) groups excluding carboxylic acids is 1. The molecule has 0 aliphatic carbocycles. The quantitative estimate of drug-likeness (QED) is 0.636. The molecule has 0 saturated carbocycles. The van der Waals surface area contributed by atoms with Gasteiger partial charge in [-0.2, -0.15) is 0 Å². The highest BCUT2D eigenvalue weighted by Crippen LogP contribution is 2.34. The van der Waals surface area contributed by atoms with Gasteiger partial charge in [0.05, 0.1) is 0 Å². The molecule has 0 unspecified atom stereocenters. The van der Waals surface area contributed by atoms with Crippen LogP contribution < -0.4 is 11.1 Å². The van der Waals surface area contributed by atoms with Gasteiger partial charge in [0.1, 0.15) is 11.6 Å². The minimum absolute atomic E-state index is 0.00632. The molecule has 3 aromatic rings. The second-order valence-electron chi connectivity index (χ2n) is 7.21. The Bertz CT molecular complexity index is 1040. The Labute approximate surface area is 168 Å². The van der Waals surface area contributed by atoms with Gasteiger partial charge in [-0.05, 0) is 55.2 Å². The number of hydrogen-bond acceptors (Lipinski definition) is 5. The highest BCUT2D eigenvalue weighted by molar-refractivity contribution is 5.98. The Morgan fingerprint density at radius 2 is 2.07 bits per heavy atom. The van der Waals surface area contributed by atoms with E-state index in [4.69, 9.17) is 10.5 Å². The summed E-state index contributed by atoms with van der Waals surface area (Å²) in [7, 11) is 0. The van der Waals surface area contributed by atoms with Crippen LogP contribution in [0.5, 0.6) is 0 Å². The van der Waals surface area contributed by atoms with E-state index in [0.29, 0.717) is 22.6 Å². The number of nitrogens with two attached hydrogens (primary N) is 1. The first kappa shape index (κ1) is 19.0. The maximum absolute atomic E-state index is 14.5.